The zero-order valence-electron chi connectivity index (χ0n) is 20.3. The van der Waals surface area contributed by atoms with Crippen LogP contribution in [0.5, 0.6) is 11.5 Å². The molecule has 3 heterocycles. The third kappa shape index (κ3) is 3.94. The molecule has 2 aliphatic heterocycles. The maximum Gasteiger partial charge on any atom is 0.301 e. The molecule has 186 valence electrons. The summed E-state index contributed by atoms with van der Waals surface area (Å²) in [6.07, 6.45) is 0.757. The molecule has 37 heavy (non-hydrogen) atoms. The molecule has 7 nitrogen and oxygen atoms in total. The zero-order chi connectivity index (χ0) is 25.7. The molecule has 0 spiro atoms. The molecule has 1 fully saturated rings. The molecule has 1 N–H and O–H groups in total. The van der Waals surface area contributed by atoms with Gasteiger partial charge in [0.15, 0.2) is 5.13 Å². The maximum absolute atomic E-state index is 13.5. The summed E-state index contributed by atoms with van der Waals surface area (Å²) in [7, 11) is 0. The van der Waals surface area contributed by atoms with E-state index in [4.69, 9.17) is 9.47 Å². The number of carbonyl (C=O) groups is 2. The molecule has 0 aliphatic carbocycles. The van der Waals surface area contributed by atoms with E-state index in [1.165, 1.54) is 16.2 Å². The van der Waals surface area contributed by atoms with Crippen LogP contribution in [0.2, 0.25) is 0 Å². The van der Waals surface area contributed by atoms with Crippen LogP contribution in [0.25, 0.3) is 16.0 Å². The van der Waals surface area contributed by atoms with E-state index in [2.05, 4.69) is 4.98 Å². The smallest absolute Gasteiger partial charge is 0.301 e. The molecular formula is C29H24N2O5S. The molecule has 1 amide bonds. The summed E-state index contributed by atoms with van der Waals surface area (Å²) in [5, 5.41) is 11.8. The second kappa shape index (κ2) is 9.05. The van der Waals surface area contributed by atoms with Gasteiger partial charge in [0, 0.05) is 12.0 Å². The number of fused-ring (bicyclic) bond motifs is 2. The average molecular weight is 513 g/mol. The number of nitrogens with zero attached hydrogens (tertiary/aromatic N) is 2. The van der Waals surface area contributed by atoms with Crippen molar-refractivity contribution in [2.24, 2.45) is 0 Å². The first-order chi connectivity index (χ1) is 17.9. The molecular weight excluding hydrogens is 488 g/mol. The van der Waals surface area contributed by atoms with Crippen molar-refractivity contribution in [1.29, 1.82) is 0 Å². The Labute approximate surface area is 217 Å². The van der Waals surface area contributed by atoms with Gasteiger partial charge in [-0.2, -0.15) is 0 Å². The molecule has 4 aromatic rings. The summed E-state index contributed by atoms with van der Waals surface area (Å²) >= 11 is 1.31. The van der Waals surface area contributed by atoms with Crippen molar-refractivity contribution in [2.75, 3.05) is 11.5 Å². The molecule has 0 bridgehead atoms. The van der Waals surface area contributed by atoms with Crippen molar-refractivity contribution in [3.05, 3.63) is 89.0 Å². The van der Waals surface area contributed by atoms with E-state index in [0.29, 0.717) is 40.6 Å². The number of rotatable bonds is 5. The fraction of sp³-hybridized carbons (Fsp3) is 0.207. The maximum atomic E-state index is 13.5. The number of ketones is 1. The Morgan fingerprint density at radius 3 is 2.73 bits per heavy atom. The predicted octanol–water partition coefficient (Wildman–Crippen LogP) is 5.64. The van der Waals surface area contributed by atoms with E-state index in [-0.39, 0.29) is 17.4 Å². The van der Waals surface area contributed by atoms with Crippen LogP contribution in [0, 0.1) is 0 Å². The number of hydrogen-bond donors (Lipinski definition) is 1. The number of aliphatic hydroxyl groups excluding tert-OH is 1. The van der Waals surface area contributed by atoms with Gasteiger partial charge in [-0.25, -0.2) is 4.98 Å². The molecule has 1 aromatic heterocycles. The van der Waals surface area contributed by atoms with Gasteiger partial charge in [0.05, 0.1) is 28.4 Å². The van der Waals surface area contributed by atoms with E-state index >= 15 is 0 Å². The van der Waals surface area contributed by atoms with E-state index in [0.717, 1.165) is 16.0 Å². The van der Waals surface area contributed by atoms with Crippen LogP contribution >= 0.6 is 11.3 Å². The van der Waals surface area contributed by atoms with Gasteiger partial charge < -0.3 is 14.6 Å². The highest BCUT2D eigenvalue weighted by molar-refractivity contribution is 7.22. The van der Waals surface area contributed by atoms with Crippen molar-refractivity contribution < 1.29 is 24.2 Å². The monoisotopic (exact) mass is 512 g/mol. The van der Waals surface area contributed by atoms with Crippen LogP contribution in [0.15, 0.2) is 72.3 Å². The largest absolute Gasteiger partial charge is 0.507 e. The van der Waals surface area contributed by atoms with Crippen molar-refractivity contribution >= 4 is 44.1 Å². The van der Waals surface area contributed by atoms with Crippen LogP contribution in [0.1, 0.15) is 36.6 Å². The summed E-state index contributed by atoms with van der Waals surface area (Å²) in [6.45, 7) is 4.43. The van der Waals surface area contributed by atoms with Crippen LogP contribution in [-0.2, 0) is 16.0 Å². The lowest BCUT2D eigenvalue weighted by atomic mass is 9.94. The highest BCUT2D eigenvalue weighted by Crippen LogP contribution is 2.45. The number of aliphatic hydroxyl groups is 1. The Balaban J connectivity index is 1.50. The number of amides is 1. The van der Waals surface area contributed by atoms with Crippen LogP contribution in [0.4, 0.5) is 5.13 Å². The first-order valence-corrected chi connectivity index (χ1v) is 13.0. The molecule has 2 aliphatic rings. The lowest BCUT2D eigenvalue weighted by molar-refractivity contribution is -0.132. The quantitative estimate of drug-likeness (QED) is 0.211. The number of Topliss-reactive ketones (excluding diaryl/α,β-unsaturated/α-hetero) is 1. The minimum atomic E-state index is -0.823. The van der Waals surface area contributed by atoms with E-state index in [9.17, 15) is 14.7 Å². The number of hydrogen-bond acceptors (Lipinski definition) is 7. The summed E-state index contributed by atoms with van der Waals surface area (Å²) in [5.74, 6) is -0.202. The molecule has 0 radical (unpaired) electrons. The zero-order valence-corrected chi connectivity index (χ0v) is 21.1. The first kappa shape index (κ1) is 23.2. The lowest BCUT2D eigenvalue weighted by Gasteiger charge is -2.23. The van der Waals surface area contributed by atoms with E-state index < -0.39 is 17.7 Å². The van der Waals surface area contributed by atoms with Gasteiger partial charge >= 0.3 is 5.91 Å². The summed E-state index contributed by atoms with van der Waals surface area (Å²) in [5.41, 5.74) is 2.87. The summed E-state index contributed by atoms with van der Waals surface area (Å²) < 4.78 is 12.2. The minimum Gasteiger partial charge on any atom is -0.507 e. The molecule has 0 unspecified atom stereocenters. The van der Waals surface area contributed by atoms with Crippen LogP contribution in [-0.4, -0.2) is 34.5 Å². The Morgan fingerprint density at radius 2 is 1.95 bits per heavy atom. The van der Waals surface area contributed by atoms with Gasteiger partial charge in [0.1, 0.15) is 23.4 Å². The van der Waals surface area contributed by atoms with Crippen molar-refractivity contribution in [3.63, 3.8) is 0 Å². The molecule has 2 atom stereocenters. The number of anilines is 1. The van der Waals surface area contributed by atoms with Gasteiger partial charge in [-0.3, -0.25) is 14.5 Å². The second-order valence-corrected chi connectivity index (χ2v) is 10.1. The molecule has 8 heteroatoms. The summed E-state index contributed by atoms with van der Waals surface area (Å²) in [4.78, 5) is 33.0. The number of benzene rings is 3. The highest BCUT2D eigenvalue weighted by Gasteiger charge is 2.48. The third-order valence-electron chi connectivity index (χ3n) is 6.59. The lowest BCUT2D eigenvalue weighted by Crippen LogP contribution is -2.29. The standard InChI is InChI=1S/C29H24N2O5S/c1-3-35-20-10-11-21-23(15-20)37-29(30-21)31-25(17-7-5-4-6-8-17)24(27(33)28(31)34)26(32)18-9-12-22-19(14-18)13-16(2)36-22/h4-12,14-16,25,32H,3,13H2,1-2H3/b26-24+/t16-,25+/m0/s1. The normalized spacial score (nSPS) is 20.3. The second-order valence-electron chi connectivity index (χ2n) is 9.09. The topological polar surface area (TPSA) is 89.0 Å². The predicted molar refractivity (Wildman–Crippen MR) is 142 cm³/mol. The Hall–Kier alpha value is -4.17. The minimum absolute atomic E-state index is 0.0392. The van der Waals surface area contributed by atoms with E-state index in [1.54, 1.807) is 12.1 Å². The van der Waals surface area contributed by atoms with Gasteiger partial charge in [-0.05, 0) is 61.4 Å². The Bertz CT molecular complexity index is 1580. The Kier molecular flexibility index (Phi) is 5.68. The van der Waals surface area contributed by atoms with Gasteiger partial charge in [0.2, 0.25) is 0 Å². The van der Waals surface area contributed by atoms with Crippen molar-refractivity contribution in [3.8, 4) is 11.5 Å². The molecule has 1 saturated heterocycles. The number of ether oxygens (including phenoxy) is 2. The van der Waals surface area contributed by atoms with Crippen molar-refractivity contribution in [2.45, 2.75) is 32.4 Å². The summed E-state index contributed by atoms with van der Waals surface area (Å²) in [6, 6.07) is 19.3. The number of thiazole rings is 1. The van der Waals surface area contributed by atoms with Gasteiger partial charge in [-0.15, -0.1) is 0 Å². The highest BCUT2D eigenvalue weighted by atomic mass is 32.1. The van der Waals surface area contributed by atoms with E-state index in [1.807, 2.05) is 68.4 Å². The number of carbonyl (C=O) groups excluding carboxylic acids is 2. The fourth-order valence-electron chi connectivity index (χ4n) is 4.96. The Morgan fingerprint density at radius 1 is 1.14 bits per heavy atom. The van der Waals surface area contributed by atoms with Crippen molar-refractivity contribution in [1.82, 2.24) is 4.98 Å². The average Bonchev–Trinajstić information content (AvgIpc) is 3.56. The first-order valence-electron chi connectivity index (χ1n) is 12.1. The molecule has 3 aromatic carbocycles. The molecule has 0 saturated carbocycles. The van der Waals surface area contributed by atoms with Gasteiger partial charge in [0.25, 0.3) is 5.78 Å². The van der Waals surface area contributed by atoms with Crippen LogP contribution in [0.3, 0.4) is 0 Å². The molecule has 6 rings (SSSR count). The van der Waals surface area contributed by atoms with Gasteiger partial charge in [-0.1, -0.05) is 41.7 Å². The third-order valence-corrected chi connectivity index (χ3v) is 7.61. The fourth-order valence-corrected chi connectivity index (χ4v) is 5.98. The number of aromatic nitrogens is 1. The SMILES string of the molecule is CCOc1ccc2nc(N3C(=O)C(=O)/C(=C(/O)c4ccc5c(c4)C[C@H](C)O5)[C@H]3c3ccccc3)sc2c1. The van der Waals surface area contributed by atoms with Crippen LogP contribution < -0.4 is 14.4 Å².